The molecule has 0 fully saturated rings. The topological polar surface area (TPSA) is 54.2 Å². The molecule has 102 valence electrons. The summed E-state index contributed by atoms with van der Waals surface area (Å²) in [6, 6.07) is 8.17. The highest BCUT2D eigenvalue weighted by molar-refractivity contribution is 14.1. The third kappa shape index (κ3) is 2.69. The maximum absolute atomic E-state index is 4.57. The zero-order chi connectivity index (χ0) is 13.9. The van der Waals surface area contributed by atoms with Gasteiger partial charge in [-0.05, 0) is 53.8 Å². The second kappa shape index (κ2) is 5.66. The average Bonchev–Trinajstić information content (AvgIpc) is 2.90. The maximum Gasteiger partial charge on any atom is 0.180 e. The van der Waals surface area contributed by atoms with Crippen LogP contribution in [0.5, 0.6) is 0 Å². The van der Waals surface area contributed by atoms with Crippen molar-refractivity contribution in [2.24, 2.45) is 0 Å². The van der Waals surface area contributed by atoms with Gasteiger partial charge in [0.25, 0.3) is 0 Å². The Balaban J connectivity index is 2.00. The molecule has 0 aliphatic carbocycles. The number of nitrogens with one attached hydrogen (secondary N) is 2. The molecule has 0 saturated carbocycles. The molecule has 6 heteroatoms. The second-order valence-electron chi connectivity index (χ2n) is 4.30. The molecule has 2 aromatic heterocycles. The van der Waals surface area contributed by atoms with Gasteiger partial charge in [-0.15, -0.1) is 0 Å². The number of anilines is 3. The quantitative estimate of drug-likeness (QED) is 0.682. The van der Waals surface area contributed by atoms with Crippen molar-refractivity contribution in [3.8, 4) is 0 Å². The van der Waals surface area contributed by atoms with Crippen molar-refractivity contribution >= 4 is 45.6 Å². The molecule has 0 aliphatic heterocycles. The number of hydrogen-bond acceptors (Lipinski definition) is 4. The van der Waals surface area contributed by atoms with Crippen molar-refractivity contribution in [2.75, 3.05) is 17.2 Å². The van der Waals surface area contributed by atoms with Gasteiger partial charge in [0.2, 0.25) is 0 Å². The first-order valence-corrected chi connectivity index (χ1v) is 7.44. The van der Waals surface area contributed by atoms with Gasteiger partial charge in [-0.25, -0.2) is 9.97 Å². The molecule has 2 heterocycles. The third-order valence-corrected chi connectivity index (χ3v) is 3.56. The van der Waals surface area contributed by atoms with E-state index in [4.69, 9.17) is 0 Å². The molecule has 1 aromatic carbocycles. The van der Waals surface area contributed by atoms with Gasteiger partial charge in [0.05, 0.1) is 6.20 Å². The number of halogens is 1. The van der Waals surface area contributed by atoms with Crippen LogP contribution in [-0.2, 0) is 0 Å². The van der Waals surface area contributed by atoms with Crippen molar-refractivity contribution in [2.45, 2.75) is 6.92 Å². The maximum atomic E-state index is 4.57. The van der Waals surface area contributed by atoms with E-state index in [1.54, 1.807) is 6.20 Å². The van der Waals surface area contributed by atoms with E-state index in [1.165, 1.54) is 3.57 Å². The molecule has 0 saturated heterocycles. The molecule has 20 heavy (non-hydrogen) atoms. The summed E-state index contributed by atoms with van der Waals surface area (Å²) < 4.78 is 3.16. The summed E-state index contributed by atoms with van der Waals surface area (Å²) in [5.41, 5.74) is 1.81. The molecule has 5 nitrogen and oxygen atoms in total. The highest BCUT2D eigenvalue weighted by Gasteiger charge is 2.07. The van der Waals surface area contributed by atoms with Crippen LogP contribution in [0.25, 0.3) is 5.65 Å². The summed E-state index contributed by atoms with van der Waals surface area (Å²) >= 11 is 2.29. The van der Waals surface area contributed by atoms with Crippen LogP contribution < -0.4 is 10.6 Å². The second-order valence-corrected chi connectivity index (χ2v) is 5.54. The number of benzene rings is 1. The van der Waals surface area contributed by atoms with Crippen LogP contribution in [0.4, 0.5) is 17.3 Å². The lowest BCUT2D eigenvalue weighted by Crippen LogP contribution is -2.05. The lowest BCUT2D eigenvalue weighted by atomic mass is 10.3. The highest BCUT2D eigenvalue weighted by Crippen LogP contribution is 2.21. The third-order valence-electron chi connectivity index (χ3n) is 2.84. The molecule has 3 rings (SSSR count). The minimum absolute atomic E-state index is 0.745. The Labute approximate surface area is 130 Å². The van der Waals surface area contributed by atoms with Crippen LogP contribution in [0.1, 0.15) is 6.92 Å². The minimum Gasteiger partial charge on any atom is -0.369 e. The van der Waals surface area contributed by atoms with Gasteiger partial charge in [0, 0.05) is 28.2 Å². The van der Waals surface area contributed by atoms with E-state index >= 15 is 0 Å². The van der Waals surface area contributed by atoms with Crippen LogP contribution >= 0.6 is 22.6 Å². The predicted octanol–water partition coefficient (Wildman–Crippen LogP) is 3.51. The smallest absolute Gasteiger partial charge is 0.180 e. The highest BCUT2D eigenvalue weighted by atomic mass is 127. The Kier molecular flexibility index (Phi) is 3.72. The average molecular weight is 379 g/mol. The molecule has 0 unspecified atom stereocenters. The molecule has 3 aromatic rings. The van der Waals surface area contributed by atoms with E-state index < -0.39 is 0 Å². The SMILES string of the molecule is CCNc1cn2ccnc2c(Nc2ccc(I)cc2)n1. The fourth-order valence-electron chi connectivity index (χ4n) is 1.95. The zero-order valence-corrected chi connectivity index (χ0v) is 13.1. The number of fused-ring (bicyclic) bond motifs is 1. The van der Waals surface area contributed by atoms with Gasteiger partial charge in [0.1, 0.15) is 5.82 Å². The largest absolute Gasteiger partial charge is 0.369 e. The van der Waals surface area contributed by atoms with E-state index in [9.17, 15) is 0 Å². The summed E-state index contributed by atoms with van der Waals surface area (Å²) in [5, 5.41) is 6.55. The number of rotatable bonds is 4. The molecule has 0 radical (unpaired) electrons. The first-order chi connectivity index (χ1) is 9.76. The van der Waals surface area contributed by atoms with Gasteiger partial charge in [-0.1, -0.05) is 0 Å². The van der Waals surface area contributed by atoms with Crippen molar-refractivity contribution in [1.82, 2.24) is 14.4 Å². The van der Waals surface area contributed by atoms with E-state index in [-0.39, 0.29) is 0 Å². The van der Waals surface area contributed by atoms with Gasteiger partial charge in [-0.2, -0.15) is 0 Å². The van der Waals surface area contributed by atoms with Crippen LogP contribution in [0.15, 0.2) is 42.9 Å². The lowest BCUT2D eigenvalue weighted by Gasteiger charge is -2.10. The summed E-state index contributed by atoms with van der Waals surface area (Å²) in [7, 11) is 0. The van der Waals surface area contributed by atoms with Gasteiger partial charge < -0.3 is 15.0 Å². The van der Waals surface area contributed by atoms with Crippen molar-refractivity contribution in [3.05, 3.63) is 46.4 Å². The van der Waals surface area contributed by atoms with Crippen LogP contribution in [0.2, 0.25) is 0 Å². The van der Waals surface area contributed by atoms with Gasteiger partial charge in [-0.3, -0.25) is 0 Å². The molecular formula is C14H14IN5. The molecule has 0 aliphatic rings. The molecule has 0 atom stereocenters. The number of imidazole rings is 1. The molecular weight excluding hydrogens is 365 g/mol. The first kappa shape index (κ1) is 13.2. The summed E-state index contributed by atoms with van der Waals surface area (Å²) in [6.45, 7) is 2.88. The molecule has 2 N–H and O–H groups in total. The summed E-state index contributed by atoms with van der Waals surface area (Å²) in [4.78, 5) is 8.92. The monoisotopic (exact) mass is 379 g/mol. The Morgan fingerprint density at radius 3 is 2.80 bits per heavy atom. The van der Waals surface area contributed by atoms with Crippen LogP contribution in [0, 0.1) is 3.57 Å². The van der Waals surface area contributed by atoms with E-state index in [0.717, 1.165) is 29.5 Å². The van der Waals surface area contributed by atoms with E-state index in [1.807, 2.05) is 35.9 Å². The van der Waals surface area contributed by atoms with Crippen LogP contribution in [0.3, 0.4) is 0 Å². The van der Waals surface area contributed by atoms with Crippen molar-refractivity contribution in [1.29, 1.82) is 0 Å². The Hall–Kier alpha value is -1.83. The van der Waals surface area contributed by atoms with E-state index in [2.05, 4.69) is 55.3 Å². The summed E-state index contributed by atoms with van der Waals surface area (Å²) in [6.07, 6.45) is 5.62. The number of nitrogens with zero attached hydrogens (tertiary/aromatic N) is 3. The Bertz CT molecular complexity index is 720. The standard InChI is InChI=1S/C14H14IN5/c1-2-16-12-9-20-8-7-17-14(20)13(19-12)18-11-5-3-10(15)4-6-11/h3-9,16H,2H2,1H3,(H,18,19). The summed E-state index contributed by atoms with van der Waals surface area (Å²) in [5.74, 6) is 1.57. The van der Waals surface area contributed by atoms with Gasteiger partial charge >= 0.3 is 0 Å². The number of hydrogen-bond donors (Lipinski definition) is 2. The minimum atomic E-state index is 0.745. The Morgan fingerprint density at radius 2 is 2.05 bits per heavy atom. The lowest BCUT2D eigenvalue weighted by molar-refractivity contribution is 1.09. The number of aromatic nitrogens is 3. The molecule has 0 amide bonds. The Morgan fingerprint density at radius 1 is 1.25 bits per heavy atom. The fourth-order valence-corrected chi connectivity index (χ4v) is 2.31. The first-order valence-electron chi connectivity index (χ1n) is 6.36. The molecule has 0 bridgehead atoms. The fraction of sp³-hybridized carbons (Fsp3) is 0.143. The van der Waals surface area contributed by atoms with Crippen molar-refractivity contribution < 1.29 is 0 Å². The van der Waals surface area contributed by atoms with Crippen LogP contribution in [-0.4, -0.2) is 20.9 Å². The zero-order valence-electron chi connectivity index (χ0n) is 11.0. The predicted molar refractivity (Wildman–Crippen MR) is 89.6 cm³/mol. The van der Waals surface area contributed by atoms with E-state index in [0.29, 0.717) is 0 Å². The van der Waals surface area contributed by atoms with Gasteiger partial charge in [0.15, 0.2) is 11.5 Å². The normalized spacial score (nSPS) is 10.7. The van der Waals surface area contributed by atoms with Crippen molar-refractivity contribution in [3.63, 3.8) is 0 Å². The molecule has 0 spiro atoms.